The van der Waals surface area contributed by atoms with Crippen LogP contribution in [0.3, 0.4) is 0 Å². The van der Waals surface area contributed by atoms with Crippen molar-refractivity contribution in [2.24, 2.45) is 0 Å². The number of ether oxygens (including phenoxy) is 1. The second-order valence-electron chi connectivity index (χ2n) is 6.99. The zero-order valence-corrected chi connectivity index (χ0v) is 16.3. The van der Waals surface area contributed by atoms with Gasteiger partial charge in [-0.15, -0.1) is 23.4 Å². The Morgan fingerprint density at radius 1 is 1.17 bits per heavy atom. The van der Waals surface area contributed by atoms with Crippen LogP contribution in [0.5, 0.6) is 5.75 Å². The van der Waals surface area contributed by atoms with Crippen LogP contribution >= 0.6 is 11.8 Å². The van der Waals surface area contributed by atoms with Crippen LogP contribution in [-0.4, -0.2) is 45.9 Å². The van der Waals surface area contributed by atoms with Crippen LogP contribution in [0.4, 0.5) is 24.8 Å². The predicted octanol–water partition coefficient (Wildman–Crippen LogP) is 3.84. The fraction of sp³-hybridized carbons (Fsp3) is 0.500. The Morgan fingerprint density at radius 3 is 2.48 bits per heavy atom. The molecule has 156 valence electrons. The fourth-order valence-electron chi connectivity index (χ4n) is 3.22. The van der Waals surface area contributed by atoms with Crippen LogP contribution in [0, 0.1) is 0 Å². The van der Waals surface area contributed by atoms with Crippen LogP contribution in [0.1, 0.15) is 31.7 Å². The number of carbonyl (C=O) groups is 1. The summed E-state index contributed by atoms with van der Waals surface area (Å²) in [5, 5.41) is 12.0. The van der Waals surface area contributed by atoms with Crippen LogP contribution in [0.25, 0.3) is 0 Å². The fourth-order valence-corrected chi connectivity index (χ4v) is 4.02. The Balaban J connectivity index is 1.34. The van der Waals surface area contributed by atoms with Crippen molar-refractivity contribution in [3.8, 4) is 5.75 Å². The zero-order valence-electron chi connectivity index (χ0n) is 15.5. The SMILES string of the molecule is O=C(CSc1nnc(N2CCCC2)n1C1CC1)Nc1ccc(OC(F)(F)F)cc1. The van der Waals surface area contributed by atoms with Gasteiger partial charge < -0.3 is 15.0 Å². The molecule has 1 aromatic heterocycles. The van der Waals surface area contributed by atoms with Gasteiger partial charge in [0.2, 0.25) is 11.9 Å². The topological polar surface area (TPSA) is 72.3 Å². The number of benzene rings is 1. The van der Waals surface area contributed by atoms with E-state index in [-0.39, 0.29) is 17.4 Å². The standard InChI is InChI=1S/C18H20F3N5O2S/c19-18(20,21)28-14-7-3-12(4-8-14)22-15(27)11-29-17-24-23-16(25-9-1-2-10-25)26(17)13-5-6-13/h3-4,7-8,13H,1-2,5-6,9-11H2,(H,22,27). The summed E-state index contributed by atoms with van der Waals surface area (Å²) in [6.45, 7) is 1.95. The van der Waals surface area contributed by atoms with Crippen LogP contribution < -0.4 is 15.0 Å². The number of amides is 1. The third-order valence-electron chi connectivity index (χ3n) is 4.65. The van der Waals surface area contributed by atoms with Crippen LogP contribution in [0.15, 0.2) is 29.4 Å². The first-order valence-corrected chi connectivity index (χ1v) is 10.4. The third kappa shape index (κ3) is 5.14. The van der Waals surface area contributed by atoms with Gasteiger partial charge in [0.15, 0.2) is 5.16 Å². The number of rotatable bonds is 7. The molecule has 1 aliphatic heterocycles. The number of anilines is 2. The van der Waals surface area contributed by atoms with E-state index >= 15 is 0 Å². The van der Waals surface area contributed by atoms with Crippen molar-refractivity contribution in [1.82, 2.24) is 14.8 Å². The van der Waals surface area contributed by atoms with Gasteiger partial charge in [-0.3, -0.25) is 9.36 Å². The molecule has 2 fully saturated rings. The Kier molecular flexibility index (Phi) is 5.57. The molecule has 7 nitrogen and oxygen atoms in total. The second-order valence-corrected chi connectivity index (χ2v) is 7.93. The molecule has 1 saturated heterocycles. The first kappa shape index (κ1) is 19.9. The Bertz CT molecular complexity index is 861. The number of alkyl halides is 3. The lowest BCUT2D eigenvalue weighted by molar-refractivity contribution is -0.274. The molecular formula is C18H20F3N5O2S. The van der Waals surface area contributed by atoms with E-state index in [1.54, 1.807) is 0 Å². The minimum atomic E-state index is -4.74. The van der Waals surface area contributed by atoms with Crippen LogP contribution in [-0.2, 0) is 4.79 Å². The molecule has 0 bridgehead atoms. The summed E-state index contributed by atoms with van der Waals surface area (Å²) < 4.78 is 42.5. The molecule has 2 aliphatic rings. The van der Waals surface area contributed by atoms with Crippen LogP contribution in [0.2, 0.25) is 0 Å². The summed E-state index contributed by atoms with van der Waals surface area (Å²) in [4.78, 5) is 14.5. The zero-order chi connectivity index (χ0) is 20.4. The van der Waals surface area contributed by atoms with Gasteiger partial charge in [0.25, 0.3) is 0 Å². The molecule has 1 N–H and O–H groups in total. The highest BCUT2D eigenvalue weighted by Crippen LogP contribution is 2.41. The van der Waals surface area contributed by atoms with Gasteiger partial charge in [0.1, 0.15) is 5.75 Å². The van der Waals surface area contributed by atoms with Crippen molar-refractivity contribution in [3.63, 3.8) is 0 Å². The van der Waals surface area contributed by atoms with E-state index in [1.165, 1.54) is 23.9 Å². The van der Waals surface area contributed by atoms with Crippen molar-refractivity contribution in [2.45, 2.75) is 43.2 Å². The lowest BCUT2D eigenvalue weighted by Gasteiger charge is -2.17. The first-order valence-electron chi connectivity index (χ1n) is 9.37. The summed E-state index contributed by atoms with van der Waals surface area (Å²) in [6.07, 6.45) is -0.271. The number of halogens is 3. The molecule has 11 heteroatoms. The molecule has 0 atom stereocenters. The second kappa shape index (κ2) is 8.13. The van der Waals surface area contributed by atoms with E-state index in [2.05, 4.69) is 29.7 Å². The van der Waals surface area contributed by atoms with E-state index in [4.69, 9.17) is 0 Å². The molecule has 0 radical (unpaired) electrons. The molecule has 0 unspecified atom stereocenters. The van der Waals surface area contributed by atoms with Gasteiger partial charge in [-0.25, -0.2) is 0 Å². The number of hydrogen-bond acceptors (Lipinski definition) is 6. The normalized spacial score (nSPS) is 16.9. The number of thioether (sulfide) groups is 1. The number of nitrogens with one attached hydrogen (secondary N) is 1. The maximum Gasteiger partial charge on any atom is 0.573 e. The molecule has 2 heterocycles. The molecule has 4 rings (SSSR count). The highest BCUT2D eigenvalue weighted by Gasteiger charge is 2.33. The minimum Gasteiger partial charge on any atom is -0.406 e. The molecule has 1 amide bonds. The highest BCUT2D eigenvalue weighted by atomic mass is 32.2. The van der Waals surface area contributed by atoms with Gasteiger partial charge in [-0.1, -0.05) is 11.8 Å². The molecule has 2 aromatic rings. The summed E-state index contributed by atoms with van der Waals surface area (Å²) in [5.41, 5.74) is 0.395. The Morgan fingerprint density at radius 2 is 1.86 bits per heavy atom. The van der Waals surface area contributed by atoms with Crippen molar-refractivity contribution in [1.29, 1.82) is 0 Å². The lowest BCUT2D eigenvalue weighted by Crippen LogP contribution is -2.22. The van der Waals surface area contributed by atoms with Crippen molar-refractivity contribution in [2.75, 3.05) is 29.1 Å². The molecule has 0 spiro atoms. The summed E-state index contributed by atoms with van der Waals surface area (Å²) in [5.74, 6) is 0.406. The van der Waals surface area contributed by atoms with Gasteiger partial charge in [-0.05, 0) is 49.9 Å². The summed E-state index contributed by atoms with van der Waals surface area (Å²) in [6, 6.07) is 5.43. The monoisotopic (exact) mass is 427 g/mol. The summed E-state index contributed by atoms with van der Waals surface area (Å²) in [7, 11) is 0. The van der Waals surface area contributed by atoms with E-state index < -0.39 is 6.36 Å². The lowest BCUT2D eigenvalue weighted by atomic mass is 10.3. The maximum absolute atomic E-state index is 12.2. The van der Waals surface area contributed by atoms with Crippen molar-refractivity contribution in [3.05, 3.63) is 24.3 Å². The van der Waals surface area contributed by atoms with Crippen molar-refractivity contribution < 1.29 is 22.7 Å². The van der Waals surface area contributed by atoms with E-state index in [1.807, 2.05) is 0 Å². The average molecular weight is 427 g/mol. The smallest absolute Gasteiger partial charge is 0.406 e. The predicted molar refractivity (Wildman–Crippen MR) is 102 cm³/mol. The quantitative estimate of drug-likeness (QED) is 0.677. The molecule has 1 aliphatic carbocycles. The highest BCUT2D eigenvalue weighted by molar-refractivity contribution is 7.99. The van der Waals surface area contributed by atoms with Gasteiger partial charge >= 0.3 is 6.36 Å². The minimum absolute atomic E-state index is 0.131. The number of nitrogens with zero attached hydrogens (tertiary/aromatic N) is 4. The average Bonchev–Trinajstić information content (AvgIpc) is 3.18. The summed E-state index contributed by atoms with van der Waals surface area (Å²) >= 11 is 1.31. The molecule has 29 heavy (non-hydrogen) atoms. The first-order chi connectivity index (χ1) is 13.9. The molecule has 1 aromatic carbocycles. The maximum atomic E-state index is 12.2. The van der Waals surface area contributed by atoms with E-state index in [0.29, 0.717) is 11.7 Å². The Labute approximate surface area is 169 Å². The van der Waals surface area contributed by atoms with Gasteiger partial charge in [0.05, 0.1) is 5.75 Å². The third-order valence-corrected chi connectivity index (χ3v) is 5.59. The number of carbonyl (C=O) groups excluding carboxylic acids is 1. The van der Waals surface area contributed by atoms with Crippen molar-refractivity contribution >= 4 is 29.3 Å². The van der Waals surface area contributed by atoms with Gasteiger partial charge in [0, 0.05) is 24.8 Å². The van der Waals surface area contributed by atoms with Gasteiger partial charge in [-0.2, -0.15) is 0 Å². The van der Waals surface area contributed by atoms with E-state index in [0.717, 1.165) is 62.0 Å². The number of hydrogen-bond donors (Lipinski definition) is 1. The Hall–Kier alpha value is -2.43. The largest absolute Gasteiger partial charge is 0.573 e. The molecular weight excluding hydrogens is 407 g/mol. The molecule has 1 saturated carbocycles. The number of aromatic nitrogens is 3. The van der Waals surface area contributed by atoms with E-state index in [9.17, 15) is 18.0 Å².